The zero-order valence-corrected chi connectivity index (χ0v) is 12.7. The summed E-state index contributed by atoms with van der Waals surface area (Å²) in [7, 11) is 0. The fourth-order valence-electron chi connectivity index (χ4n) is 2.19. The second-order valence-corrected chi connectivity index (χ2v) is 5.06. The van der Waals surface area contributed by atoms with Gasteiger partial charge in [0.2, 0.25) is 5.91 Å². The molecule has 1 atom stereocenters. The van der Waals surface area contributed by atoms with Crippen LogP contribution in [0.4, 0.5) is 0 Å². The molecule has 0 saturated heterocycles. The lowest BCUT2D eigenvalue weighted by Gasteiger charge is -2.26. The van der Waals surface area contributed by atoms with Gasteiger partial charge >= 0.3 is 0 Å². The van der Waals surface area contributed by atoms with Gasteiger partial charge in [-0.1, -0.05) is 33.1 Å². The van der Waals surface area contributed by atoms with Crippen LogP contribution >= 0.6 is 0 Å². The number of rotatable bonds is 12. The third-order valence-electron chi connectivity index (χ3n) is 3.41. The highest BCUT2D eigenvalue weighted by Crippen LogP contribution is 2.09. The van der Waals surface area contributed by atoms with Gasteiger partial charge in [-0.15, -0.1) is 0 Å². The van der Waals surface area contributed by atoms with E-state index in [2.05, 4.69) is 19.2 Å². The minimum atomic E-state index is -0.0708. The van der Waals surface area contributed by atoms with E-state index in [4.69, 9.17) is 11.6 Å². The van der Waals surface area contributed by atoms with Crippen molar-refractivity contribution in [3.63, 3.8) is 0 Å². The van der Waals surface area contributed by atoms with Crippen LogP contribution in [0.5, 0.6) is 0 Å². The number of amides is 1. The first-order chi connectivity index (χ1) is 9.15. The number of hydrazine groups is 1. The number of nitrogens with two attached hydrogens (primary N) is 2. The zero-order chi connectivity index (χ0) is 14.5. The number of carbonyl (C=O) groups is 1. The van der Waals surface area contributed by atoms with Crippen molar-refractivity contribution in [1.29, 1.82) is 0 Å². The molecule has 0 aliphatic rings. The van der Waals surface area contributed by atoms with Crippen LogP contribution in [0.3, 0.4) is 0 Å². The molecular formula is C14H32N4O. The molecule has 0 aliphatic carbocycles. The van der Waals surface area contributed by atoms with E-state index in [1.807, 2.05) is 5.01 Å². The average molecular weight is 272 g/mol. The van der Waals surface area contributed by atoms with Crippen molar-refractivity contribution in [2.75, 3.05) is 19.6 Å². The van der Waals surface area contributed by atoms with E-state index < -0.39 is 0 Å². The lowest BCUT2D eigenvalue weighted by atomic mass is 10.1. The highest BCUT2D eigenvalue weighted by molar-refractivity contribution is 5.77. The summed E-state index contributed by atoms with van der Waals surface area (Å²) in [6.45, 7) is 6.17. The van der Waals surface area contributed by atoms with E-state index in [9.17, 15) is 4.79 Å². The van der Waals surface area contributed by atoms with Crippen molar-refractivity contribution in [1.82, 2.24) is 10.3 Å². The first-order valence-electron chi connectivity index (χ1n) is 7.63. The lowest BCUT2D eigenvalue weighted by molar-refractivity contribution is -0.119. The number of carbonyl (C=O) groups excluding carboxylic acids is 1. The Kier molecular flexibility index (Phi) is 12.0. The standard InChI is InChI=1S/C14H32N4O/c1-3-9-13(4-2)18(16)11-8-6-5-7-10-17-14(19)12-15/h13H,3-12,15-16H2,1-2H3,(H,17,19)/t13-/m1/s1. The van der Waals surface area contributed by atoms with E-state index in [0.717, 1.165) is 45.2 Å². The third kappa shape index (κ3) is 9.87. The fourth-order valence-corrected chi connectivity index (χ4v) is 2.19. The van der Waals surface area contributed by atoms with Crippen molar-refractivity contribution in [2.45, 2.75) is 64.8 Å². The monoisotopic (exact) mass is 272 g/mol. The predicted octanol–water partition coefficient (Wildman–Crippen LogP) is 1.38. The molecule has 0 aromatic carbocycles. The van der Waals surface area contributed by atoms with Crippen LogP contribution in [0, 0.1) is 0 Å². The molecule has 114 valence electrons. The van der Waals surface area contributed by atoms with Crippen molar-refractivity contribution >= 4 is 5.91 Å². The maximum absolute atomic E-state index is 10.9. The normalized spacial score (nSPS) is 12.7. The van der Waals surface area contributed by atoms with Crippen LogP contribution in [-0.2, 0) is 4.79 Å². The second kappa shape index (κ2) is 12.4. The Labute approximate surface area is 118 Å². The Bertz CT molecular complexity index is 223. The van der Waals surface area contributed by atoms with Gasteiger partial charge < -0.3 is 11.1 Å². The molecule has 1 amide bonds. The van der Waals surface area contributed by atoms with E-state index in [1.54, 1.807) is 0 Å². The Morgan fingerprint density at radius 3 is 2.47 bits per heavy atom. The molecule has 5 nitrogen and oxygen atoms in total. The summed E-state index contributed by atoms with van der Waals surface area (Å²) >= 11 is 0. The summed E-state index contributed by atoms with van der Waals surface area (Å²) in [5, 5.41) is 4.78. The van der Waals surface area contributed by atoms with Gasteiger partial charge in [0, 0.05) is 19.1 Å². The number of hydrogen-bond donors (Lipinski definition) is 3. The maximum atomic E-state index is 10.9. The van der Waals surface area contributed by atoms with Crippen LogP contribution in [-0.4, -0.2) is 36.6 Å². The van der Waals surface area contributed by atoms with Crippen LogP contribution in [0.2, 0.25) is 0 Å². The van der Waals surface area contributed by atoms with Gasteiger partial charge in [0.25, 0.3) is 0 Å². The Balaban J connectivity index is 3.45. The molecule has 0 heterocycles. The summed E-state index contributed by atoms with van der Waals surface area (Å²) in [6.07, 6.45) is 7.92. The number of hydrogen-bond acceptors (Lipinski definition) is 4. The van der Waals surface area contributed by atoms with E-state index >= 15 is 0 Å². The molecule has 0 bridgehead atoms. The number of nitrogens with zero attached hydrogens (tertiary/aromatic N) is 1. The molecule has 0 aromatic rings. The first kappa shape index (κ1) is 18.4. The van der Waals surface area contributed by atoms with Gasteiger partial charge in [-0.3, -0.25) is 10.6 Å². The van der Waals surface area contributed by atoms with Gasteiger partial charge in [0.05, 0.1) is 6.54 Å². The molecule has 0 aliphatic heterocycles. The minimum absolute atomic E-state index is 0.0708. The molecule has 5 N–H and O–H groups in total. The third-order valence-corrected chi connectivity index (χ3v) is 3.41. The molecule has 19 heavy (non-hydrogen) atoms. The summed E-state index contributed by atoms with van der Waals surface area (Å²) in [5.74, 6) is 6.00. The first-order valence-corrected chi connectivity index (χ1v) is 7.63. The van der Waals surface area contributed by atoms with E-state index in [-0.39, 0.29) is 12.5 Å². The Morgan fingerprint density at radius 1 is 1.21 bits per heavy atom. The van der Waals surface area contributed by atoms with Gasteiger partial charge in [0.1, 0.15) is 0 Å². The second-order valence-electron chi connectivity index (χ2n) is 5.06. The van der Waals surface area contributed by atoms with Gasteiger partial charge in [0.15, 0.2) is 0 Å². The summed E-state index contributed by atoms with van der Waals surface area (Å²) in [6, 6.07) is 0.522. The van der Waals surface area contributed by atoms with Crippen molar-refractivity contribution < 1.29 is 4.79 Å². The lowest BCUT2D eigenvalue weighted by Crippen LogP contribution is -2.41. The van der Waals surface area contributed by atoms with Crippen molar-refractivity contribution in [3.8, 4) is 0 Å². The summed E-state index contributed by atoms with van der Waals surface area (Å²) in [4.78, 5) is 10.9. The SMILES string of the molecule is CCC[C@@H](CC)N(N)CCCCCCNC(=O)CN. The molecule has 0 radical (unpaired) electrons. The fraction of sp³-hybridized carbons (Fsp3) is 0.929. The molecule has 5 heteroatoms. The Hall–Kier alpha value is -0.650. The van der Waals surface area contributed by atoms with Crippen LogP contribution < -0.4 is 16.9 Å². The smallest absolute Gasteiger partial charge is 0.233 e. The number of nitrogens with one attached hydrogen (secondary N) is 1. The van der Waals surface area contributed by atoms with Crippen LogP contribution in [0.15, 0.2) is 0 Å². The molecule has 0 spiro atoms. The molecule has 0 aromatic heterocycles. The summed E-state index contributed by atoms with van der Waals surface area (Å²) < 4.78 is 0. The zero-order valence-electron chi connectivity index (χ0n) is 12.7. The molecule has 0 rings (SSSR count). The van der Waals surface area contributed by atoms with Crippen molar-refractivity contribution in [3.05, 3.63) is 0 Å². The van der Waals surface area contributed by atoms with Crippen molar-refractivity contribution in [2.24, 2.45) is 11.6 Å². The van der Waals surface area contributed by atoms with Gasteiger partial charge in [-0.05, 0) is 25.7 Å². The van der Waals surface area contributed by atoms with Gasteiger partial charge in [-0.2, -0.15) is 0 Å². The topological polar surface area (TPSA) is 84.4 Å². The van der Waals surface area contributed by atoms with Crippen LogP contribution in [0.1, 0.15) is 58.8 Å². The maximum Gasteiger partial charge on any atom is 0.233 e. The molecule has 0 saturated carbocycles. The highest BCUT2D eigenvalue weighted by Gasteiger charge is 2.11. The Morgan fingerprint density at radius 2 is 1.89 bits per heavy atom. The summed E-state index contributed by atoms with van der Waals surface area (Å²) in [5.41, 5.74) is 5.20. The number of unbranched alkanes of at least 4 members (excludes halogenated alkanes) is 3. The molecule has 0 fully saturated rings. The van der Waals surface area contributed by atoms with Crippen LogP contribution in [0.25, 0.3) is 0 Å². The highest BCUT2D eigenvalue weighted by atomic mass is 16.1. The predicted molar refractivity (Wildman–Crippen MR) is 80.4 cm³/mol. The van der Waals surface area contributed by atoms with Gasteiger partial charge in [-0.25, -0.2) is 5.01 Å². The minimum Gasteiger partial charge on any atom is -0.355 e. The quantitative estimate of drug-likeness (QED) is 0.285. The average Bonchev–Trinajstić information content (AvgIpc) is 2.42. The van der Waals surface area contributed by atoms with E-state index in [0.29, 0.717) is 6.04 Å². The largest absolute Gasteiger partial charge is 0.355 e. The molecule has 0 unspecified atom stereocenters. The van der Waals surface area contributed by atoms with E-state index in [1.165, 1.54) is 12.8 Å². The molecular weight excluding hydrogens is 240 g/mol.